The molecule has 0 saturated heterocycles. The number of fused-ring (bicyclic) bond motifs is 1. The first kappa shape index (κ1) is 17.6. The monoisotopic (exact) mass is 399 g/mol. The van der Waals surface area contributed by atoms with Crippen molar-refractivity contribution in [3.05, 3.63) is 76.4 Å². The molecular weight excluding hydrogens is 385 g/mol. The van der Waals surface area contributed by atoms with Gasteiger partial charge in [-0.25, -0.2) is 9.37 Å². The Balaban J connectivity index is 1.62. The van der Waals surface area contributed by atoms with Gasteiger partial charge in [0.2, 0.25) is 0 Å². The molecule has 4 aromatic rings. The summed E-state index contributed by atoms with van der Waals surface area (Å²) in [5.41, 5.74) is 1.36. The lowest BCUT2D eigenvalue weighted by Gasteiger charge is -2.07. The zero-order chi connectivity index (χ0) is 18.8. The summed E-state index contributed by atoms with van der Waals surface area (Å²) in [6.07, 6.45) is 3.46. The lowest BCUT2D eigenvalue weighted by Crippen LogP contribution is -2.12. The number of halogens is 1. The van der Waals surface area contributed by atoms with E-state index in [-0.39, 0.29) is 11.4 Å². The Hall–Kier alpha value is -2.78. The molecule has 9 heteroatoms. The number of benzene rings is 1. The Kier molecular flexibility index (Phi) is 4.87. The van der Waals surface area contributed by atoms with Gasteiger partial charge in [0.05, 0.1) is 5.69 Å². The summed E-state index contributed by atoms with van der Waals surface area (Å²) in [6.45, 7) is 4.30. The van der Waals surface area contributed by atoms with Gasteiger partial charge in [0.25, 0.3) is 5.56 Å². The molecule has 0 aliphatic rings. The Morgan fingerprint density at radius 2 is 2.07 bits per heavy atom. The van der Waals surface area contributed by atoms with Crippen molar-refractivity contribution in [3.8, 4) is 11.4 Å². The predicted octanol–water partition coefficient (Wildman–Crippen LogP) is 3.63. The first-order valence-electron chi connectivity index (χ1n) is 8.04. The maximum absolute atomic E-state index is 13.2. The third-order valence-corrected chi connectivity index (χ3v) is 5.59. The largest absolute Gasteiger partial charge is 0.298 e. The van der Waals surface area contributed by atoms with Crippen LogP contribution in [0.15, 0.2) is 64.5 Å². The molecule has 0 aliphatic carbocycles. The van der Waals surface area contributed by atoms with Crippen LogP contribution in [0.2, 0.25) is 0 Å². The van der Waals surface area contributed by atoms with Crippen molar-refractivity contribution in [1.29, 1.82) is 0 Å². The molecule has 3 heterocycles. The van der Waals surface area contributed by atoms with E-state index in [1.807, 2.05) is 9.95 Å². The molecule has 136 valence electrons. The number of thiazole rings is 1. The highest BCUT2D eigenvalue weighted by atomic mass is 32.2. The van der Waals surface area contributed by atoms with Crippen LogP contribution in [0.4, 0.5) is 4.39 Å². The minimum Gasteiger partial charge on any atom is -0.298 e. The van der Waals surface area contributed by atoms with E-state index < -0.39 is 0 Å². The molecule has 0 aliphatic heterocycles. The number of thioether (sulfide) groups is 1. The molecule has 27 heavy (non-hydrogen) atoms. The predicted molar refractivity (Wildman–Crippen MR) is 105 cm³/mol. The molecular formula is C18H14FN5OS2. The number of allylic oxidation sites excluding steroid dienone is 1. The van der Waals surface area contributed by atoms with Gasteiger partial charge in [-0.15, -0.1) is 28.1 Å². The van der Waals surface area contributed by atoms with Crippen molar-refractivity contribution >= 4 is 28.1 Å². The van der Waals surface area contributed by atoms with E-state index in [1.54, 1.807) is 24.4 Å². The van der Waals surface area contributed by atoms with Gasteiger partial charge in [-0.1, -0.05) is 17.8 Å². The fourth-order valence-electron chi connectivity index (χ4n) is 2.60. The van der Waals surface area contributed by atoms with E-state index in [0.29, 0.717) is 33.9 Å². The SMILES string of the molecule is C=CCn1c(SCc2cc(=O)n3ccsc3n2)nnc1-c1ccc(F)cc1. The third-order valence-electron chi connectivity index (χ3n) is 3.84. The summed E-state index contributed by atoms with van der Waals surface area (Å²) >= 11 is 2.86. The third kappa shape index (κ3) is 3.56. The normalized spacial score (nSPS) is 11.1. The molecule has 3 aromatic heterocycles. The molecule has 4 rings (SSSR count). The fourth-order valence-corrected chi connectivity index (χ4v) is 4.18. The number of aromatic nitrogens is 5. The molecule has 6 nitrogen and oxygen atoms in total. The van der Waals surface area contributed by atoms with Crippen molar-refractivity contribution in [2.24, 2.45) is 0 Å². The maximum atomic E-state index is 13.2. The molecule has 0 bridgehead atoms. The minimum absolute atomic E-state index is 0.101. The molecule has 0 N–H and O–H groups in total. The zero-order valence-corrected chi connectivity index (χ0v) is 15.7. The number of rotatable bonds is 6. The van der Waals surface area contributed by atoms with Crippen LogP contribution in [-0.4, -0.2) is 24.1 Å². The standard InChI is InChI=1S/C18H14FN5OS2/c1-2-7-24-16(12-3-5-13(19)6-4-12)21-22-18(24)27-11-14-10-15(25)23-8-9-26-17(23)20-14/h2-6,8-10H,1,7,11H2. The van der Waals surface area contributed by atoms with Gasteiger partial charge in [0.15, 0.2) is 15.9 Å². The van der Waals surface area contributed by atoms with E-state index in [1.165, 1.54) is 45.7 Å². The average Bonchev–Trinajstić information content (AvgIpc) is 3.29. The van der Waals surface area contributed by atoms with E-state index in [9.17, 15) is 9.18 Å². The Labute approximate surface area is 162 Å². The van der Waals surface area contributed by atoms with Gasteiger partial charge >= 0.3 is 0 Å². The highest BCUT2D eigenvalue weighted by Crippen LogP contribution is 2.26. The highest BCUT2D eigenvalue weighted by Gasteiger charge is 2.14. The summed E-state index contributed by atoms with van der Waals surface area (Å²) in [4.78, 5) is 17.3. The summed E-state index contributed by atoms with van der Waals surface area (Å²) < 4.78 is 16.6. The number of nitrogens with zero attached hydrogens (tertiary/aromatic N) is 5. The van der Waals surface area contributed by atoms with Crippen LogP contribution < -0.4 is 5.56 Å². The molecule has 0 fully saturated rings. The smallest absolute Gasteiger partial charge is 0.258 e. The van der Waals surface area contributed by atoms with E-state index in [4.69, 9.17) is 0 Å². The first-order valence-corrected chi connectivity index (χ1v) is 9.91. The zero-order valence-electron chi connectivity index (χ0n) is 14.1. The van der Waals surface area contributed by atoms with Crippen molar-refractivity contribution in [2.75, 3.05) is 0 Å². The summed E-state index contributed by atoms with van der Waals surface area (Å²) in [7, 11) is 0. The molecule has 0 amide bonds. The molecule has 0 radical (unpaired) electrons. The first-order chi connectivity index (χ1) is 13.2. The second kappa shape index (κ2) is 7.45. The molecule has 0 spiro atoms. The molecule has 0 saturated carbocycles. The van der Waals surface area contributed by atoms with Gasteiger partial charge in [-0.05, 0) is 24.3 Å². The second-order valence-electron chi connectivity index (χ2n) is 5.64. The van der Waals surface area contributed by atoms with Gasteiger partial charge in [0, 0.05) is 35.5 Å². The van der Waals surface area contributed by atoms with Crippen molar-refractivity contribution in [3.63, 3.8) is 0 Å². The van der Waals surface area contributed by atoms with Crippen molar-refractivity contribution in [2.45, 2.75) is 17.5 Å². The molecule has 1 aromatic carbocycles. The van der Waals surface area contributed by atoms with Gasteiger partial charge in [0.1, 0.15) is 5.82 Å². The van der Waals surface area contributed by atoms with Crippen LogP contribution in [0, 0.1) is 5.82 Å². The summed E-state index contributed by atoms with van der Waals surface area (Å²) in [6, 6.07) is 7.65. The van der Waals surface area contributed by atoms with E-state index in [0.717, 1.165) is 5.56 Å². The minimum atomic E-state index is -0.301. The van der Waals surface area contributed by atoms with Crippen LogP contribution in [0.25, 0.3) is 16.3 Å². The van der Waals surface area contributed by atoms with Crippen LogP contribution in [-0.2, 0) is 12.3 Å². The van der Waals surface area contributed by atoms with E-state index in [2.05, 4.69) is 21.8 Å². The van der Waals surface area contributed by atoms with E-state index >= 15 is 0 Å². The van der Waals surface area contributed by atoms with Crippen LogP contribution in [0.1, 0.15) is 5.69 Å². The summed E-state index contributed by atoms with van der Waals surface area (Å²) in [5.74, 6) is 0.825. The highest BCUT2D eigenvalue weighted by molar-refractivity contribution is 7.98. The van der Waals surface area contributed by atoms with Crippen LogP contribution in [0.3, 0.4) is 0 Å². The van der Waals surface area contributed by atoms with Crippen molar-refractivity contribution in [1.82, 2.24) is 24.1 Å². The van der Waals surface area contributed by atoms with Crippen molar-refractivity contribution < 1.29 is 4.39 Å². The lowest BCUT2D eigenvalue weighted by molar-refractivity contribution is 0.628. The number of hydrogen-bond donors (Lipinski definition) is 0. The quantitative estimate of drug-likeness (QED) is 0.366. The van der Waals surface area contributed by atoms with Gasteiger partial charge in [-0.2, -0.15) is 0 Å². The van der Waals surface area contributed by atoms with Crippen LogP contribution in [0.5, 0.6) is 0 Å². The average molecular weight is 399 g/mol. The Morgan fingerprint density at radius 1 is 1.26 bits per heavy atom. The second-order valence-corrected chi connectivity index (χ2v) is 7.46. The topological polar surface area (TPSA) is 65.1 Å². The lowest BCUT2D eigenvalue weighted by atomic mass is 10.2. The van der Waals surface area contributed by atoms with Crippen LogP contribution >= 0.6 is 23.1 Å². The maximum Gasteiger partial charge on any atom is 0.258 e. The fraction of sp³-hybridized carbons (Fsp3) is 0.111. The Morgan fingerprint density at radius 3 is 2.85 bits per heavy atom. The molecule has 0 unspecified atom stereocenters. The van der Waals surface area contributed by atoms with Gasteiger partial charge in [-0.3, -0.25) is 13.8 Å². The Bertz CT molecular complexity index is 1160. The summed E-state index contributed by atoms with van der Waals surface area (Å²) in [5, 5.41) is 11.0. The van der Waals surface area contributed by atoms with Gasteiger partial charge < -0.3 is 0 Å². The molecule has 0 atom stereocenters. The number of hydrogen-bond acceptors (Lipinski definition) is 6.